The summed E-state index contributed by atoms with van der Waals surface area (Å²) in [6.07, 6.45) is 0. The largest absolute Gasteiger partial charge is 0.382 e. The molecule has 0 radical (unpaired) electrons. The lowest BCUT2D eigenvalue weighted by molar-refractivity contribution is -0.121. The van der Waals surface area contributed by atoms with Crippen LogP contribution in [0.2, 0.25) is 0 Å². The first-order chi connectivity index (χ1) is 9.76. The van der Waals surface area contributed by atoms with Crippen molar-refractivity contribution in [3.05, 3.63) is 29.8 Å². The maximum Gasteiger partial charge on any atom is 0.250 e. The predicted octanol–water partition coefficient (Wildman–Crippen LogP) is 1.18. The van der Waals surface area contributed by atoms with Crippen LogP contribution in [0.25, 0.3) is 0 Å². The van der Waals surface area contributed by atoms with Crippen molar-refractivity contribution in [2.24, 2.45) is 0 Å². The lowest BCUT2D eigenvalue weighted by Crippen LogP contribution is -2.20. The smallest absolute Gasteiger partial charge is 0.250 e. The number of anilines is 1. The quantitative estimate of drug-likeness (QED) is 0.686. The highest BCUT2D eigenvalue weighted by Crippen LogP contribution is 2.09. The molecule has 0 saturated carbocycles. The van der Waals surface area contributed by atoms with Gasteiger partial charge in [-0.15, -0.1) is 0 Å². The fraction of sp³-hybridized carbons (Fsp3) is 0.429. The number of benzene rings is 1. The third-order valence-electron chi connectivity index (χ3n) is 2.31. The van der Waals surface area contributed by atoms with Gasteiger partial charge in [0.05, 0.1) is 38.1 Å². The van der Waals surface area contributed by atoms with Crippen molar-refractivity contribution in [2.45, 2.75) is 0 Å². The van der Waals surface area contributed by atoms with Crippen LogP contribution in [-0.4, -0.2) is 46.1 Å². The SMILES string of the molecule is COCCOCCOCC(=O)Nc1cccc(C#N)c1. The van der Waals surface area contributed by atoms with Gasteiger partial charge in [0, 0.05) is 12.8 Å². The number of hydrogen-bond donors (Lipinski definition) is 1. The number of methoxy groups -OCH3 is 1. The van der Waals surface area contributed by atoms with Crippen LogP contribution < -0.4 is 5.32 Å². The van der Waals surface area contributed by atoms with Crippen LogP contribution in [0.1, 0.15) is 5.56 Å². The van der Waals surface area contributed by atoms with Gasteiger partial charge < -0.3 is 19.5 Å². The van der Waals surface area contributed by atoms with Gasteiger partial charge in [0.25, 0.3) is 0 Å². The van der Waals surface area contributed by atoms with E-state index >= 15 is 0 Å². The van der Waals surface area contributed by atoms with Gasteiger partial charge in [-0.2, -0.15) is 5.26 Å². The maximum atomic E-state index is 11.6. The molecule has 0 unspecified atom stereocenters. The summed E-state index contributed by atoms with van der Waals surface area (Å²) < 4.78 is 15.2. The van der Waals surface area contributed by atoms with E-state index in [-0.39, 0.29) is 12.5 Å². The first-order valence-corrected chi connectivity index (χ1v) is 6.20. The van der Waals surface area contributed by atoms with E-state index in [9.17, 15) is 4.79 Å². The van der Waals surface area contributed by atoms with Gasteiger partial charge in [0.15, 0.2) is 0 Å². The minimum absolute atomic E-state index is 0.0512. The van der Waals surface area contributed by atoms with Crippen molar-refractivity contribution in [1.82, 2.24) is 0 Å². The van der Waals surface area contributed by atoms with E-state index in [1.54, 1.807) is 31.4 Å². The minimum Gasteiger partial charge on any atom is -0.382 e. The molecule has 0 aromatic heterocycles. The molecular weight excluding hydrogens is 260 g/mol. The molecule has 1 aromatic rings. The number of carbonyl (C=O) groups excluding carboxylic acids is 1. The average molecular weight is 278 g/mol. The zero-order chi connectivity index (χ0) is 14.6. The fourth-order valence-electron chi connectivity index (χ4n) is 1.39. The molecule has 0 spiro atoms. The molecule has 0 fully saturated rings. The summed E-state index contributed by atoms with van der Waals surface area (Å²) in [6, 6.07) is 8.70. The Hall–Kier alpha value is -1.94. The average Bonchev–Trinajstić information content (AvgIpc) is 2.46. The van der Waals surface area contributed by atoms with Gasteiger partial charge in [0.2, 0.25) is 5.91 Å². The van der Waals surface area contributed by atoms with Crippen LogP contribution in [0.15, 0.2) is 24.3 Å². The van der Waals surface area contributed by atoms with Crippen molar-refractivity contribution in [2.75, 3.05) is 45.5 Å². The summed E-state index contributed by atoms with van der Waals surface area (Å²) in [6.45, 7) is 1.75. The molecule has 0 heterocycles. The molecule has 20 heavy (non-hydrogen) atoms. The predicted molar refractivity (Wildman–Crippen MR) is 73.3 cm³/mol. The lowest BCUT2D eigenvalue weighted by atomic mass is 10.2. The molecule has 1 amide bonds. The second kappa shape index (κ2) is 9.92. The molecule has 0 saturated heterocycles. The van der Waals surface area contributed by atoms with Crippen LogP contribution in [0.3, 0.4) is 0 Å². The van der Waals surface area contributed by atoms with E-state index in [4.69, 9.17) is 19.5 Å². The van der Waals surface area contributed by atoms with Gasteiger partial charge in [0.1, 0.15) is 6.61 Å². The Balaban J connectivity index is 2.15. The molecule has 0 bridgehead atoms. The number of carbonyl (C=O) groups is 1. The third-order valence-corrected chi connectivity index (χ3v) is 2.31. The zero-order valence-electron chi connectivity index (χ0n) is 11.4. The van der Waals surface area contributed by atoms with Crippen LogP contribution in [0.5, 0.6) is 0 Å². The van der Waals surface area contributed by atoms with Crippen LogP contribution >= 0.6 is 0 Å². The highest BCUT2D eigenvalue weighted by molar-refractivity contribution is 5.91. The molecular formula is C14H18N2O4. The van der Waals surface area contributed by atoms with Crippen molar-refractivity contribution in [3.63, 3.8) is 0 Å². The van der Waals surface area contributed by atoms with E-state index < -0.39 is 0 Å². The first-order valence-electron chi connectivity index (χ1n) is 6.20. The summed E-state index contributed by atoms with van der Waals surface area (Å²) in [5.74, 6) is -0.267. The standard InChI is InChI=1S/C14H18N2O4/c1-18-5-6-19-7-8-20-11-14(17)16-13-4-2-3-12(9-13)10-15/h2-4,9H,5-8,11H2,1H3,(H,16,17). The van der Waals surface area contributed by atoms with Crippen LogP contribution in [0.4, 0.5) is 5.69 Å². The molecule has 108 valence electrons. The van der Waals surface area contributed by atoms with E-state index in [1.165, 1.54) is 0 Å². The molecule has 1 N–H and O–H groups in total. The van der Waals surface area contributed by atoms with Gasteiger partial charge in [-0.3, -0.25) is 4.79 Å². The van der Waals surface area contributed by atoms with Crippen LogP contribution in [0, 0.1) is 11.3 Å². The topological polar surface area (TPSA) is 80.6 Å². The summed E-state index contributed by atoms with van der Waals surface area (Å²) in [7, 11) is 1.60. The number of ether oxygens (including phenoxy) is 3. The summed E-state index contributed by atoms with van der Waals surface area (Å²) in [4.78, 5) is 11.6. The van der Waals surface area contributed by atoms with Crippen molar-refractivity contribution in [1.29, 1.82) is 5.26 Å². The molecule has 0 atom stereocenters. The number of amides is 1. The number of hydrogen-bond acceptors (Lipinski definition) is 5. The fourth-order valence-corrected chi connectivity index (χ4v) is 1.39. The Kier molecular flexibility index (Phi) is 7.99. The molecule has 0 aliphatic rings. The van der Waals surface area contributed by atoms with Crippen molar-refractivity contribution < 1.29 is 19.0 Å². The number of nitrogens with zero attached hydrogens (tertiary/aromatic N) is 1. The Labute approximate surface area is 118 Å². The summed E-state index contributed by atoms with van der Waals surface area (Å²) >= 11 is 0. The van der Waals surface area contributed by atoms with E-state index in [0.29, 0.717) is 37.7 Å². The van der Waals surface area contributed by atoms with Gasteiger partial charge >= 0.3 is 0 Å². The highest BCUT2D eigenvalue weighted by atomic mass is 16.5. The van der Waals surface area contributed by atoms with Crippen molar-refractivity contribution >= 4 is 11.6 Å². The van der Waals surface area contributed by atoms with Gasteiger partial charge in [-0.1, -0.05) is 6.07 Å². The molecule has 6 nitrogen and oxygen atoms in total. The van der Waals surface area contributed by atoms with Crippen LogP contribution in [-0.2, 0) is 19.0 Å². The highest BCUT2D eigenvalue weighted by Gasteiger charge is 2.03. The minimum atomic E-state index is -0.267. The number of rotatable bonds is 9. The van der Waals surface area contributed by atoms with Gasteiger partial charge in [-0.05, 0) is 18.2 Å². The number of nitrogens with one attached hydrogen (secondary N) is 1. The van der Waals surface area contributed by atoms with E-state index in [1.807, 2.05) is 6.07 Å². The Bertz CT molecular complexity index is 457. The zero-order valence-corrected chi connectivity index (χ0v) is 11.4. The summed E-state index contributed by atoms with van der Waals surface area (Å²) in [5.41, 5.74) is 1.07. The van der Waals surface area contributed by atoms with Gasteiger partial charge in [-0.25, -0.2) is 0 Å². The Morgan fingerprint density at radius 1 is 1.25 bits per heavy atom. The Morgan fingerprint density at radius 3 is 2.75 bits per heavy atom. The molecule has 0 aliphatic carbocycles. The monoisotopic (exact) mass is 278 g/mol. The van der Waals surface area contributed by atoms with Crippen molar-refractivity contribution in [3.8, 4) is 6.07 Å². The molecule has 6 heteroatoms. The second-order valence-electron chi connectivity index (χ2n) is 3.90. The Morgan fingerprint density at radius 2 is 2.00 bits per heavy atom. The van der Waals surface area contributed by atoms with E-state index in [2.05, 4.69) is 5.32 Å². The third kappa shape index (κ3) is 6.85. The second-order valence-corrected chi connectivity index (χ2v) is 3.90. The first kappa shape index (κ1) is 16.1. The molecule has 1 aromatic carbocycles. The normalized spacial score (nSPS) is 10.0. The molecule has 1 rings (SSSR count). The maximum absolute atomic E-state index is 11.6. The van der Waals surface area contributed by atoms with E-state index in [0.717, 1.165) is 0 Å². The summed E-state index contributed by atoms with van der Waals surface area (Å²) in [5, 5.41) is 11.4. The number of nitriles is 1. The molecule has 0 aliphatic heterocycles. The lowest BCUT2D eigenvalue weighted by Gasteiger charge is -2.07.